The van der Waals surface area contributed by atoms with Crippen LogP contribution in [0.3, 0.4) is 0 Å². The lowest BCUT2D eigenvalue weighted by Crippen LogP contribution is -2.50. The molecule has 2 N–H and O–H groups in total. The zero-order valence-electron chi connectivity index (χ0n) is 9.02. The number of carbonyl (C=O) groups excluding carboxylic acids is 1. The van der Waals surface area contributed by atoms with Crippen LogP contribution in [0.2, 0.25) is 0 Å². The molecule has 3 atom stereocenters. The molecule has 0 radical (unpaired) electrons. The Morgan fingerprint density at radius 2 is 2.13 bits per heavy atom. The van der Waals surface area contributed by atoms with Crippen molar-refractivity contribution in [2.24, 2.45) is 5.73 Å². The maximum atomic E-state index is 11.2. The summed E-state index contributed by atoms with van der Waals surface area (Å²) in [4.78, 5) is 13.4. The molecule has 2 fully saturated rings. The Labute approximate surface area is 89.5 Å². The number of fused-ring (bicyclic) bond motifs is 2. The predicted octanol–water partition coefficient (Wildman–Crippen LogP) is -0.650. The SMILES string of the molecule is COC(=O)C(N)CN1CC2CCC(C1)O2. The number of likely N-dealkylation sites (tertiary alicyclic amines) is 1. The van der Waals surface area contributed by atoms with E-state index in [-0.39, 0.29) is 5.97 Å². The summed E-state index contributed by atoms with van der Waals surface area (Å²) >= 11 is 0. The first-order valence-electron chi connectivity index (χ1n) is 5.40. The van der Waals surface area contributed by atoms with Crippen LogP contribution in [0.25, 0.3) is 0 Å². The summed E-state index contributed by atoms with van der Waals surface area (Å²) in [6, 6.07) is -0.535. The first-order valence-corrected chi connectivity index (χ1v) is 5.40. The summed E-state index contributed by atoms with van der Waals surface area (Å²) in [5.41, 5.74) is 5.71. The Balaban J connectivity index is 1.82. The minimum absolute atomic E-state index is 0.339. The molecule has 86 valence electrons. The second-order valence-electron chi connectivity index (χ2n) is 4.31. The Bertz CT molecular complexity index is 235. The maximum Gasteiger partial charge on any atom is 0.323 e. The number of morpholine rings is 1. The van der Waals surface area contributed by atoms with Gasteiger partial charge in [-0.3, -0.25) is 9.69 Å². The van der Waals surface area contributed by atoms with E-state index in [1.165, 1.54) is 7.11 Å². The van der Waals surface area contributed by atoms with Crippen LogP contribution < -0.4 is 5.73 Å². The highest BCUT2D eigenvalue weighted by Gasteiger charge is 2.34. The topological polar surface area (TPSA) is 64.8 Å². The smallest absolute Gasteiger partial charge is 0.323 e. The van der Waals surface area contributed by atoms with Crippen molar-refractivity contribution >= 4 is 5.97 Å². The number of carbonyl (C=O) groups is 1. The highest BCUT2D eigenvalue weighted by Crippen LogP contribution is 2.25. The van der Waals surface area contributed by atoms with Crippen LogP contribution in [0.4, 0.5) is 0 Å². The van der Waals surface area contributed by atoms with Gasteiger partial charge in [-0.2, -0.15) is 0 Å². The van der Waals surface area contributed by atoms with Crippen molar-refractivity contribution in [3.8, 4) is 0 Å². The van der Waals surface area contributed by atoms with Gasteiger partial charge in [-0.25, -0.2) is 0 Å². The molecular formula is C10H18N2O3. The van der Waals surface area contributed by atoms with Gasteiger partial charge in [0.1, 0.15) is 6.04 Å². The molecule has 0 saturated carbocycles. The monoisotopic (exact) mass is 214 g/mol. The molecule has 0 aromatic carbocycles. The number of hydrogen-bond donors (Lipinski definition) is 1. The van der Waals surface area contributed by atoms with Gasteiger partial charge in [0.15, 0.2) is 0 Å². The van der Waals surface area contributed by atoms with Gasteiger partial charge in [0, 0.05) is 19.6 Å². The molecule has 0 aromatic heterocycles. The number of rotatable bonds is 3. The Morgan fingerprint density at radius 1 is 1.53 bits per heavy atom. The highest BCUT2D eigenvalue weighted by atomic mass is 16.5. The van der Waals surface area contributed by atoms with Gasteiger partial charge in [-0.05, 0) is 12.8 Å². The van der Waals surface area contributed by atoms with Crippen molar-refractivity contribution in [3.05, 3.63) is 0 Å². The van der Waals surface area contributed by atoms with Crippen molar-refractivity contribution in [1.29, 1.82) is 0 Å². The number of nitrogens with two attached hydrogens (primary N) is 1. The fourth-order valence-electron chi connectivity index (χ4n) is 2.35. The van der Waals surface area contributed by atoms with Crippen LogP contribution >= 0.6 is 0 Å². The summed E-state index contributed by atoms with van der Waals surface area (Å²) in [6.07, 6.45) is 2.95. The first-order chi connectivity index (χ1) is 7.19. The first kappa shape index (κ1) is 10.9. The van der Waals surface area contributed by atoms with Crippen LogP contribution in [0, 0.1) is 0 Å². The Morgan fingerprint density at radius 3 is 2.67 bits per heavy atom. The fraction of sp³-hybridized carbons (Fsp3) is 0.900. The van der Waals surface area contributed by atoms with Gasteiger partial charge in [-0.1, -0.05) is 0 Å². The standard InChI is InChI=1S/C10H18N2O3/c1-14-10(13)9(11)6-12-4-7-2-3-8(5-12)15-7/h7-9H,2-6,11H2,1H3. The number of methoxy groups -OCH3 is 1. The average molecular weight is 214 g/mol. The third-order valence-electron chi connectivity index (χ3n) is 3.08. The molecule has 3 unspecified atom stereocenters. The lowest BCUT2D eigenvalue weighted by atomic mass is 10.2. The van der Waals surface area contributed by atoms with Crippen molar-refractivity contribution in [3.63, 3.8) is 0 Å². The predicted molar refractivity (Wildman–Crippen MR) is 54.3 cm³/mol. The minimum Gasteiger partial charge on any atom is -0.468 e. The van der Waals surface area contributed by atoms with Crippen molar-refractivity contribution in [2.75, 3.05) is 26.7 Å². The van der Waals surface area contributed by atoms with E-state index in [0.717, 1.165) is 25.9 Å². The summed E-state index contributed by atoms with van der Waals surface area (Å²) in [5.74, 6) is -0.339. The van der Waals surface area contributed by atoms with Gasteiger partial charge < -0.3 is 15.2 Å². The van der Waals surface area contributed by atoms with Gasteiger partial charge >= 0.3 is 5.97 Å². The van der Waals surface area contributed by atoms with Crippen LogP contribution in [0.1, 0.15) is 12.8 Å². The van der Waals surface area contributed by atoms with Crippen molar-refractivity contribution in [2.45, 2.75) is 31.1 Å². The van der Waals surface area contributed by atoms with E-state index in [0.29, 0.717) is 18.8 Å². The second-order valence-corrected chi connectivity index (χ2v) is 4.31. The van der Waals surface area contributed by atoms with Crippen molar-refractivity contribution in [1.82, 2.24) is 4.90 Å². The summed E-state index contributed by atoms with van der Waals surface area (Å²) in [6.45, 7) is 2.35. The van der Waals surface area contributed by atoms with Crippen molar-refractivity contribution < 1.29 is 14.3 Å². The molecule has 5 nitrogen and oxygen atoms in total. The largest absolute Gasteiger partial charge is 0.468 e. The summed E-state index contributed by atoms with van der Waals surface area (Å²) < 4.78 is 10.3. The summed E-state index contributed by atoms with van der Waals surface area (Å²) in [5, 5.41) is 0. The molecule has 15 heavy (non-hydrogen) atoms. The fourth-order valence-corrected chi connectivity index (χ4v) is 2.35. The van der Waals surface area contributed by atoms with Crippen LogP contribution in [-0.2, 0) is 14.3 Å². The normalized spacial score (nSPS) is 32.7. The molecule has 2 bridgehead atoms. The van der Waals surface area contributed by atoms with Gasteiger partial charge in [0.25, 0.3) is 0 Å². The minimum atomic E-state index is -0.535. The third kappa shape index (κ3) is 2.48. The molecule has 0 aromatic rings. The number of nitrogens with zero attached hydrogens (tertiary/aromatic N) is 1. The molecule has 2 aliphatic heterocycles. The Kier molecular flexibility index (Phi) is 3.23. The maximum absolute atomic E-state index is 11.2. The Hall–Kier alpha value is -0.650. The summed E-state index contributed by atoms with van der Waals surface area (Å²) in [7, 11) is 1.37. The molecule has 2 saturated heterocycles. The molecule has 0 aliphatic carbocycles. The van der Waals surface area contributed by atoms with E-state index in [1.807, 2.05) is 0 Å². The lowest BCUT2D eigenvalue weighted by Gasteiger charge is -2.32. The van der Waals surface area contributed by atoms with E-state index in [4.69, 9.17) is 10.5 Å². The van der Waals surface area contributed by atoms with Crippen LogP contribution in [0.5, 0.6) is 0 Å². The third-order valence-corrected chi connectivity index (χ3v) is 3.08. The number of hydrogen-bond acceptors (Lipinski definition) is 5. The average Bonchev–Trinajstić information content (AvgIpc) is 2.57. The highest BCUT2D eigenvalue weighted by molar-refractivity contribution is 5.75. The van der Waals surface area contributed by atoms with E-state index in [1.54, 1.807) is 0 Å². The van der Waals surface area contributed by atoms with E-state index in [9.17, 15) is 4.79 Å². The van der Waals surface area contributed by atoms with Gasteiger partial charge in [0.05, 0.1) is 19.3 Å². The quantitative estimate of drug-likeness (QED) is 0.632. The van der Waals surface area contributed by atoms with Gasteiger partial charge in [0.2, 0.25) is 0 Å². The molecule has 2 heterocycles. The molecule has 0 amide bonds. The van der Waals surface area contributed by atoms with E-state index in [2.05, 4.69) is 9.64 Å². The second kappa shape index (κ2) is 4.47. The van der Waals surface area contributed by atoms with E-state index < -0.39 is 6.04 Å². The van der Waals surface area contributed by atoms with Crippen LogP contribution in [-0.4, -0.2) is 55.9 Å². The zero-order valence-corrected chi connectivity index (χ0v) is 9.02. The van der Waals surface area contributed by atoms with Crippen LogP contribution in [0.15, 0.2) is 0 Å². The lowest BCUT2D eigenvalue weighted by molar-refractivity contribution is -0.143. The number of ether oxygens (including phenoxy) is 2. The van der Waals surface area contributed by atoms with E-state index >= 15 is 0 Å². The molecule has 5 heteroatoms. The molecule has 2 aliphatic rings. The zero-order chi connectivity index (χ0) is 10.8. The molecule has 2 rings (SSSR count). The number of esters is 1. The molecule has 0 spiro atoms. The van der Waals surface area contributed by atoms with Gasteiger partial charge in [-0.15, -0.1) is 0 Å². The molecular weight excluding hydrogens is 196 g/mol.